The largest absolute Gasteiger partial charge is 0.488 e. The van der Waals surface area contributed by atoms with Gasteiger partial charge in [-0.2, -0.15) is 5.10 Å². The number of amides is 1. The number of hydrazone groups is 1. The van der Waals surface area contributed by atoms with E-state index in [1.807, 2.05) is 45.0 Å². The summed E-state index contributed by atoms with van der Waals surface area (Å²) in [6.07, 6.45) is 1.61. The molecule has 4 nitrogen and oxygen atoms in total. The normalized spacial score (nSPS) is 10.9. The van der Waals surface area contributed by atoms with Crippen LogP contribution >= 0.6 is 0 Å². The fraction of sp³-hybridized carbons (Fsp3) is 0.167. The molecule has 148 valence electrons. The SMILES string of the molecule is Cc1ccc(C(=O)N/N=C\c2cc(C)c(OCc3ccc(F)cc3)c(C)c2)cc1. The second kappa shape index (κ2) is 9.15. The summed E-state index contributed by atoms with van der Waals surface area (Å²) < 4.78 is 18.9. The maximum atomic E-state index is 13.0. The van der Waals surface area contributed by atoms with Gasteiger partial charge in [0.15, 0.2) is 0 Å². The molecule has 0 heterocycles. The molecule has 1 amide bonds. The lowest BCUT2D eigenvalue weighted by Crippen LogP contribution is -2.17. The van der Waals surface area contributed by atoms with Crippen LogP contribution in [-0.2, 0) is 6.61 Å². The zero-order chi connectivity index (χ0) is 20.8. The van der Waals surface area contributed by atoms with E-state index in [0.29, 0.717) is 12.2 Å². The zero-order valence-electron chi connectivity index (χ0n) is 16.7. The van der Waals surface area contributed by atoms with Crippen LogP contribution in [0.5, 0.6) is 5.75 Å². The number of halogens is 1. The van der Waals surface area contributed by atoms with Crippen molar-refractivity contribution in [2.75, 3.05) is 0 Å². The number of carbonyl (C=O) groups excluding carboxylic acids is 1. The van der Waals surface area contributed by atoms with Crippen molar-refractivity contribution in [2.24, 2.45) is 5.10 Å². The molecule has 0 spiro atoms. The summed E-state index contributed by atoms with van der Waals surface area (Å²) in [5, 5.41) is 4.05. The minimum absolute atomic E-state index is 0.256. The molecule has 0 saturated carbocycles. The van der Waals surface area contributed by atoms with Crippen LogP contribution < -0.4 is 10.2 Å². The molecule has 0 aliphatic carbocycles. The number of benzene rings is 3. The van der Waals surface area contributed by atoms with E-state index in [1.54, 1.807) is 30.5 Å². The Balaban J connectivity index is 1.63. The average Bonchev–Trinajstić information content (AvgIpc) is 2.69. The maximum absolute atomic E-state index is 13.0. The number of ether oxygens (including phenoxy) is 1. The Morgan fingerprint density at radius 1 is 1.00 bits per heavy atom. The molecule has 29 heavy (non-hydrogen) atoms. The molecule has 0 atom stereocenters. The van der Waals surface area contributed by atoms with Crippen LogP contribution in [0.3, 0.4) is 0 Å². The molecule has 3 aromatic carbocycles. The Morgan fingerprint density at radius 3 is 2.24 bits per heavy atom. The van der Waals surface area contributed by atoms with Gasteiger partial charge in [-0.3, -0.25) is 4.79 Å². The van der Waals surface area contributed by atoms with Gasteiger partial charge in [0.1, 0.15) is 18.2 Å². The first kappa shape index (κ1) is 20.3. The fourth-order valence-corrected chi connectivity index (χ4v) is 2.96. The molecule has 0 radical (unpaired) electrons. The van der Waals surface area contributed by atoms with Gasteiger partial charge in [0.05, 0.1) is 6.21 Å². The molecule has 3 rings (SSSR count). The Hall–Kier alpha value is -3.47. The molecule has 0 aliphatic heterocycles. The van der Waals surface area contributed by atoms with Crippen LogP contribution in [0.2, 0.25) is 0 Å². The Morgan fingerprint density at radius 2 is 1.62 bits per heavy atom. The molecule has 0 bridgehead atoms. The monoisotopic (exact) mass is 390 g/mol. The summed E-state index contributed by atoms with van der Waals surface area (Å²) in [6, 6.07) is 17.4. The summed E-state index contributed by atoms with van der Waals surface area (Å²) in [5.74, 6) is 0.267. The Bertz CT molecular complexity index is 1000. The van der Waals surface area contributed by atoms with Crippen molar-refractivity contribution in [1.82, 2.24) is 5.43 Å². The van der Waals surface area contributed by atoms with Gasteiger partial charge < -0.3 is 4.74 Å². The van der Waals surface area contributed by atoms with E-state index in [0.717, 1.165) is 33.6 Å². The molecule has 0 aliphatic rings. The van der Waals surface area contributed by atoms with Gasteiger partial charge in [-0.25, -0.2) is 9.82 Å². The van der Waals surface area contributed by atoms with Crippen molar-refractivity contribution in [3.8, 4) is 5.75 Å². The highest BCUT2D eigenvalue weighted by Gasteiger charge is 2.07. The van der Waals surface area contributed by atoms with Gasteiger partial charge in [0.2, 0.25) is 0 Å². The van der Waals surface area contributed by atoms with Gasteiger partial charge in [-0.15, -0.1) is 0 Å². The fourth-order valence-electron chi connectivity index (χ4n) is 2.96. The molecule has 0 fully saturated rings. The zero-order valence-corrected chi connectivity index (χ0v) is 16.7. The lowest BCUT2D eigenvalue weighted by Gasteiger charge is -2.13. The second-order valence-electron chi connectivity index (χ2n) is 6.96. The van der Waals surface area contributed by atoms with Gasteiger partial charge in [0, 0.05) is 5.56 Å². The van der Waals surface area contributed by atoms with Crippen LogP contribution in [0.25, 0.3) is 0 Å². The third-order valence-electron chi connectivity index (χ3n) is 4.47. The summed E-state index contributed by atoms with van der Waals surface area (Å²) in [4.78, 5) is 12.1. The minimum Gasteiger partial charge on any atom is -0.488 e. The highest BCUT2D eigenvalue weighted by molar-refractivity contribution is 5.94. The molecule has 0 aromatic heterocycles. The minimum atomic E-state index is -0.265. The molecule has 0 saturated heterocycles. The number of aryl methyl sites for hydroxylation is 3. The summed E-state index contributed by atoms with van der Waals surface area (Å²) in [6.45, 7) is 6.24. The van der Waals surface area contributed by atoms with Crippen LogP contribution in [0.1, 0.15) is 38.2 Å². The number of hydrogen-bond acceptors (Lipinski definition) is 3. The average molecular weight is 390 g/mol. The van der Waals surface area contributed by atoms with E-state index in [4.69, 9.17) is 4.74 Å². The maximum Gasteiger partial charge on any atom is 0.271 e. The van der Waals surface area contributed by atoms with Gasteiger partial charge in [-0.05, 0) is 79.4 Å². The molecule has 0 unspecified atom stereocenters. The van der Waals surface area contributed by atoms with Crippen molar-refractivity contribution in [2.45, 2.75) is 27.4 Å². The standard InChI is InChI=1S/C24H23FN2O2/c1-16-4-8-21(9-5-16)24(28)27-26-14-20-12-17(2)23(18(3)13-20)29-15-19-6-10-22(25)11-7-19/h4-14H,15H2,1-3H3,(H,27,28)/b26-14-. The first-order chi connectivity index (χ1) is 13.9. The van der Waals surface area contributed by atoms with E-state index >= 15 is 0 Å². The van der Waals surface area contributed by atoms with Crippen molar-refractivity contribution >= 4 is 12.1 Å². The predicted octanol–water partition coefficient (Wildman–Crippen LogP) is 5.09. The summed E-state index contributed by atoms with van der Waals surface area (Å²) in [5.41, 5.74) is 7.87. The molecule has 3 aromatic rings. The van der Waals surface area contributed by atoms with E-state index in [2.05, 4.69) is 10.5 Å². The number of nitrogens with one attached hydrogen (secondary N) is 1. The van der Waals surface area contributed by atoms with E-state index in [1.165, 1.54) is 12.1 Å². The number of carbonyl (C=O) groups is 1. The lowest BCUT2D eigenvalue weighted by molar-refractivity contribution is 0.0955. The molecule has 1 N–H and O–H groups in total. The van der Waals surface area contributed by atoms with Gasteiger partial charge >= 0.3 is 0 Å². The molecular weight excluding hydrogens is 367 g/mol. The van der Waals surface area contributed by atoms with Crippen LogP contribution in [0.4, 0.5) is 4.39 Å². The van der Waals surface area contributed by atoms with E-state index < -0.39 is 0 Å². The molecule has 5 heteroatoms. The third kappa shape index (κ3) is 5.51. The van der Waals surface area contributed by atoms with Crippen LogP contribution in [0.15, 0.2) is 65.8 Å². The quantitative estimate of drug-likeness (QED) is 0.471. The van der Waals surface area contributed by atoms with E-state index in [9.17, 15) is 9.18 Å². The smallest absolute Gasteiger partial charge is 0.271 e. The van der Waals surface area contributed by atoms with Crippen LogP contribution in [0, 0.1) is 26.6 Å². The first-order valence-corrected chi connectivity index (χ1v) is 9.31. The first-order valence-electron chi connectivity index (χ1n) is 9.31. The van der Waals surface area contributed by atoms with Crippen molar-refractivity contribution in [3.05, 3.63) is 99.9 Å². The third-order valence-corrected chi connectivity index (χ3v) is 4.47. The number of rotatable bonds is 6. The molecular formula is C24H23FN2O2. The summed E-state index contributed by atoms with van der Waals surface area (Å²) in [7, 11) is 0. The lowest BCUT2D eigenvalue weighted by atomic mass is 10.1. The Labute approximate surface area is 170 Å². The number of nitrogens with zero attached hydrogens (tertiary/aromatic N) is 1. The highest BCUT2D eigenvalue weighted by atomic mass is 19.1. The van der Waals surface area contributed by atoms with Crippen molar-refractivity contribution in [1.29, 1.82) is 0 Å². The Kier molecular flexibility index (Phi) is 6.39. The summed E-state index contributed by atoms with van der Waals surface area (Å²) >= 11 is 0. The topological polar surface area (TPSA) is 50.7 Å². The van der Waals surface area contributed by atoms with Crippen molar-refractivity contribution < 1.29 is 13.9 Å². The number of hydrogen-bond donors (Lipinski definition) is 1. The van der Waals surface area contributed by atoms with Gasteiger partial charge in [0.25, 0.3) is 5.91 Å². The highest BCUT2D eigenvalue weighted by Crippen LogP contribution is 2.25. The van der Waals surface area contributed by atoms with Crippen molar-refractivity contribution in [3.63, 3.8) is 0 Å². The van der Waals surface area contributed by atoms with E-state index in [-0.39, 0.29) is 11.7 Å². The predicted molar refractivity (Wildman–Crippen MR) is 113 cm³/mol. The van der Waals surface area contributed by atoms with Crippen LogP contribution in [-0.4, -0.2) is 12.1 Å². The second-order valence-corrected chi connectivity index (χ2v) is 6.96. The van der Waals surface area contributed by atoms with Gasteiger partial charge in [-0.1, -0.05) is 29.8 Å².